The maximum Gasteiger partial charge on any atom is 0.293 e. The van der Waals surface area contributed by atoms with Crippen molar-refractivity contribution in [3.05, 3.63) is 81.1 Å². The molecule has 2 amide bonds. The summed E-state index contributed by atoms with van der Waals surface area (Å²) >= 11 is 1.72. The number of morpholine rings is 1. The van der Waals surface area contributed by atoms with Crippen molar-refractivity contribution in [3.63, 3.8) is 0 Å². The largest absolute Gasteiger partial charge is 0.378 e. The molecular weight excluding hydrogens is 574 g/mol. The van der Waals surface area contributed by atoms with E-state index in [1.54, 1.807) is 54.2 Å². The van der Waals surface area contributed by atoms with Gasteiger partial charge in [0.05, 0.1) is 24.2 Å². The highest BCUT2D eigenvalue weighted by molar-refractivity contribution is 8.04. The van der Waals surface area contributed by atoms with Gasteiger partial charge in [-0.1, -0.05) is 39.0 Å². The van der Waals surface area contributed by atoms with Gasteiger partial charge in [-0.3, -0.25) is 14.4 Å². The number of anilines is 3. The van der Waals surface area contributed by atoms with E-state index in [4.69, 9.17) is 9.72 Å². The van der Waals surface area contributed by atoms with Gasteiger partial charge in [-0.25, -0.2) is 4.98 Å². The van der Waals surface area contributed by atoms with Crippen molar-refractivity contribution >= 4 is 40.8 Å². The van der Waals surface area contributed by atoms with Crippen LogP contribution in [0.1, 0.15) is 43.1 Å². The maximum absolute atomic E-state index is 13.8. The smallest absolute Gasteiger partial charge is 0.293 e. The molecule has 10 heteroatoms. The average Bonchev–Trinajstić information content (AvgIpc) is 3.47. The summed E-state index contributed by atoms with van der Waals surface area (Å²) in [6.07, 6.45) is 4.96. The molecule has 0 radical (unpaired) electrons. The molecule has 3 aliphatic rings. The maximum atomic E-state index is 13.8. The SMILES string of the molecule is Cc1c(-c2cn(C)c(=O)c(Nc3ccc(C(=O)N4CCOCC4)cc3)n2)cccc1N1CCC2C=C(C(C)(C)C)SC2C1=O. The van der Waals surface area contributed by atoms with Crippen LogP contribution in [0.5, 0.6) is 0 Å². The second-order valence-corrected chi connectivity index (χ2v) is 13.9. The molecule has 2 saturated heterocycles. The van der Waals surface area contributed by atoms with Gasteiger partial charge in [0, 0.05) is 61.3 Å². The number of hydrogen-bond donors (Lipinski definition) is 1. The number of carbonyl (C=O) groups is 2. The Morgan fingerprint density at radius 2 is 1.77 bits per heavy atom. The van der Waals surface area contributed by atoms with Gasteiger partial charge in [0.25, 0.3) is 11.5 Å². The van der Waals surface area contributed by atoms with Crippen LogP contribution < -0.4 is 15.8 Å². The van der Waals surface area contributed by atoms with Gasteiger partial charge < -0.3 is 24.4 Å². The Morgan fingerprint density at radius 3 is 2.48 bits per heavy atom. The number of amides is 2. The van der Waals surface area contributed by atoms with Gasteiger partial charge in [-0.05, 0) is 59.6 Å². The Morgan fingerprint density at radius 1 is 1.05 bits per heavy atom. The first-order chi connectivity index (χ1) is 21.0. The Hall–Kier alpha value is -3.89. The number of allylic oxidation sites excluding steroid dienone is 2. The normalized spacial score (nSPS) is 20.4. The molecule has 2 unspecified atom stereocenters. The second kappa shape index (κ2) is 11.9. The number of benzene rings is 2. The van der Waals surface area contributed by atoms with E-state index in [9.17, 15) is 14.4 Å². The minimum absolute atomic E-state index is 0.0337. The lowest BCUT2D eigenvalue weighted by atomic mass is 9.89. The van der Waals surface area contributed by atoms with Crippen molar-refractivity contribution in [1.82, 2.24) is 14.5 Å². The number of thioether (sulfide) groups is 1. The quantitative estimate of drug-likeness (QED) is 0.413. The monoisotopic (exact) mass is 613 g/mol. The number of ether oxygens (including phenoxy) is 1. The van der Waals surface area contributed by atoms with Crippen LogP contribution in [0.25, 0.3) is 11.3 Å². The van der Waals surface area contributed by atoms with Gasteiger partial charge in [0.2, 0.25) is 5.91 Å². The van der Waals surface area contributed by atoms with E-state index in [-0.39, 0.29) is 39.8 Å². The molecule has 0 saturated carbocycles. The van der Waals surface area contributed by atoms with Crippen LogP contribution in [0.15, 0.2) is 64.4 Å². The molecule has 2 aromatic carbocycles. The van der Waals surface area contributed by atoms with E-state index < -0.39 is 0 Å². The molecule has 230 valence electrons. The Labute approximate surface area is 262 Å². The molecule has 2 atom stereocenters. The van der Waals surface area contributed by atoms with E-state index in [0.717, 1.165) is 23.2 Å². The molecule has 1 N–H and O–H groups in total. The summed E-state index contributed by atoms with van der Waals surface area (Å²) in [5.41, 5.74) is 4.30. The predicted molar refractivity (Wildman–Crippen MR) is 175 cm³/mol. The molecule has 0 spiro atoms. The van der Waals surface area contributed by atoms with E-state index in [2.05, 4.69) is 32.2 Å². The molecule has 6 rings (SSSR count). The highest BCUT2D eigenvalue weighted by Crippen LogP contribution is 2.49. The molecule has 9 nitrogen and oxygen atoms in total. The third-order valence-electron chi connectivity index (χ3n) is 8.58. The van der Waals surface area contributed by atoms with Crippen LogP contribution in [-0.4, -0.2) is 64.4 Å². The summed E-state index contributed by atoms with van der Waals surface area (Å²) in [4.78, 5) is 49.4. The summed E-state index contributed by atoms with van der Waals surface area (Å²) in [6.45, 7) is 11.5. The fourth-order valence-electron chi connectivity index (χ4n) is 6.01. The zero-order chi connectivity index (χ0) is 31.2. The zero-order valence-corrected chi connectivity index (χ0v) is 26.7. The summed E-state index contributed by atoms with van der Waals surface area (Å²) in [5.74, 6) is 0.564. The summed E-state index contributed by atoms with van der Waals surface area (Å²) < 4.78 is 6.86. The third-order valence-corrected chi connectivity index (χ3v) is 10.4. The number of rotatable bonds is 5. The third kappa shape index (κ3) is 5.80. The predicted octanol–water partition coefficient (Wildman–Crippen LogP) is 5.37. The Bertz CT molecular complexity index is 1690. The number of piperidine rings is 1. The number of aromatic nitrogens is 2. The Kier molecular flexibility index (Phi) is 8.15. The van der Waals surface area contributed by atoms with E-state index >= 15 is 0 Å². The number of carbonyl (C=O) groups excluding carboxylic acids is 2. The standard InChI is InChI=1S/C34H39N5O4S/c1-21-25(7-6-8-27(21)39-14-13-23-19-28(34(2,3)4)44-29(23)32(39)41)26-20-37(5)33(42)30(36-26)35-24-11-9-22(10-12-24)31(40)38-15-17-43-18-16-38/h6-12,19-20,23,29H,13-18H2,1-5H3,(H,35,36). The molecule has 3 aliphatic heterocycles. The average molecular weight is 614 g/mol. The van der Waals surface area contributed by atoms with Crippen molar-refractivity contribution in [2.75, 3.05) is 43.1 Å². The number of aryl methyl sites for hydroxylation is 1. The summed E-state index contributed by atoms with van der Waals surface area (Å²) in [7, 11) is 1.70. The van der Waals surface area contributed by atoms with Crippen LogP contribution >= 0.6 is 11.8 Å². The molecule has 0 aliphatic carbocycles. The minimum Gasteiger partial charge on any atom is -0.378 e. The first-order valence-electron chi connectivity index (χ1n) is 15.1. The van der Waals surface area contributed by atoms with Crippen molar-refractivity contribution < 1.29 is 14.3 Å². The lowest BCUT2D eigenvalue weighted by Gasteiger charge is -2.35. The van der Waals surface area contributed by atoms with Crippen molar-refractivity contribution in [2.24, 2.45) is 18.4 Å². The number of nitrogens with one attached hydrogen (secondary N) is 1. The number of nitrogens with zero attached hydrogens (tertiary/aromatic N) is 4. The van der Waals surface area contributed by atoms with Gasteiger partial charge >= 0.3 is 0 Å². The van der Waals surface area contributed by atoms with Crippen LogP contribution in [0.2, 0.25) is 0 Å². The Balaban J connectivity index is 1.24. The molecular formula is C34H39N5O4S. The lowest BCUT2D eigenvalue weighted by Crippen LogP contribution is -2.46. The van der Waals surface area contributed by atoms with Crippen LogP contribution in [0.4, 0.5) is 17.2 Å². The first kappa shape index (κ1) is 30.1. The van der Waals surface area contributed by atoms with Crippen molar-refractivity contribution in [1.29, 1.82) is 0 Å². The van der Waals surface area contributed by atoms with Crippen LogP contribution in [-0.2, 0) is 16.6 Å². The van der Waals surface area contributed by atoms with Crippen molar-refractivity contribution in [2.45, 2.75) is 39.4 Å². The highest BCUT2D eigenvalue weighted by atomic mass is 32.2. The van der Waals surface area contributed by atoms with Gasteiger partial charge in [0.15, 0.2) is 5.82 Å². The fraction of sp³-hybridized carbons (Fsp3) is 0.412. The molecule has 3 aromatic rings. The van der Waals surface area contributed by atoms with E-state index in [0.29, 0.717) is 49.8 Å². The molecule has 0 bridgehead atoms. The zero-order valence-electron chi connectivity index (χ0n) is 25.9. The lowest BCUT2D eigenvalue weighted by molar-refractivity contribution is -0.119. The molecule has 2 fully saturated rings. The number of hydrogen-bond acceptors (Lipinski definition) is 7. The fourth-order valence-corrected chi connectivity index (χ4v) is 7.51. The van der Waals surface area contributed by atoms with Gasteiger partial charge in [-0.2, -0.15) is 0 Å². The van der Waals surface area contributed by atoms with Gasteiger partial charge in [-0.15, -0.1) is 11.8 Å². The minimum atomic E-state index is -0.270. The van der Waals surface area contributed by atoms with Crippen LogP contribution in [0.3, 0.4) is 0 Å². The van der Waals surface area contributed by atoms with Crippen molar-refractivity contribution in [3.8, 4) is 11.3 Å². The first-order valence-corrected chi connectivity index (χ1v) is 16.0. The topological polar surface area (TPSA) is 96.8 Å². The summed E-state index contributed by atoms with van der Waals surface area (Å²) in [6, 6.07) is 13.0. The van der Waals surface area contributed by atoms with Gasteiger partial charge in [0.1, 0.15) is 0 Å². The molecule has 4 heterocycles. The summed E-state index contributed by atoms with van der Waals surface area (Å²) in [5, 5.41) is 3.06. The van der Waals surface area contributed by atoms with E-state index in [1.165, 1.54) is 9.47 Å². The highest BCUT2D eigenvalue weighted by Gasteiger charge is 2.43. The second-order valence-electron chi connectivity index (χ2n) is 12.7. The van der Waals surface area contributed by atoms with E-state index in [1.807, 2.05) is 30.0 Å². The number of fused-ring (bicyclic) bond motifs is 1. The van der Waals surface area contributed by atoms with Crippen LogP contribution in [0, 0.1) is 18.3 Å². The molecule has 1 aromatic heterocycles. The molecule has 44 heavy (non-hydrogen) atoms.